The molecule has 0 spiro atoms. The van der Waals surface area contributed by atoms with Crippen LogP contribution in [0.4, 0.5) is 0 Å². The van der Waals surface area contributed by atoms with Crippen molar-refractivity contribution < 1.29 is 24.2 Å². The number of hydrogen-bond acceptors (Lipinski definition) is 8. The van der Waals surface area contributed by atoms with Crippen molar-refractivity contribution in [3.63, 3.8) is 0 Å². The lowest BCUT2D eigenvalue weighted by Gasteiger charge is -2.25. The maximum Gasteiger partial charge on any atom is 0.339 e. The van der Waals surface area contributed by atoms with Crippen molar-refractivity contribution in [3.8, 4) is 0 Å². The first-order valence-corrected chi connectivity index (χ1v) is 13.4. The molecule has 0 unspecified atom stereocenters. The van der Waals surface area contributed by atoms with Gasteiger partial charge in [0.05, 0.1) is 12.6 Å². The van der Waals surface area contributed by atoms with Crippen molar-refractivity contribution in [1.29, 1.82) is 0 Å². The fourth-order valence-electron chi connectivity index (χ4n) is 3.55. The molecular weight excluding hydrogens is 486 g/mol. The highest BCUT2D eigenvalue weighted by Crippen LogP contribution is 2.31. The number of carboxylic acids is 1. The van der Waals surface area contributed by atoms with Gasteiger partial charge in [0.1, 0.15) is 11.1 Å². The largest absolute Gasteiger partial charge is 0.479 e. The molecule has 8 nitrogen and oxygen atoms in total. The van der Waals surface area contributed by atoms with Crippen molar-refractivity contribution in [2.24, 2.45) is 5.10 Å². The van der Waals surface area contributed by atoms with E-state index in [0.29, 0.717) is 17.9 Å². The summed E-state index contributed by atoms with van der Waals surface area (Å²) in [5.74, 6) is -2.15. The van der Waals surface area contributed by atoms with E-state index >= 15 is 0 Å². The zero-order chi connectivity index (χ0) is 25.4. The summed E-state index contributed by atoms with van der Waals surface area (Å²) < 4.78 is 5.20. The first kappa shape index (κ1) is 26.8. The van der Waals surface area contributed by atoms with Gasteiger partial charge in [-0.2, -0.15) is 5.10 Å². The lowest BCUT2D eigenvalue weighted by Crippen LogP contribution is -2.52. The van der Waals surface area contributed by atoms with Crippen LogP contribution < -0.4 is 5.32 Å². The van der Waals surface area contributed by atoms with Crippen LogP contribution in [0.2, 0.25) is 0 Å². The van der Waals surface area contributed by atoms with Gasteiger partial charge in [0.25, 0.3) is 5.91 Å². The maximum absolute atomic E-state index is 13.3. The minimum Gasteiger partial charge on any atom is -0.479 e. The van der Waals surface area contributed by atoms with Crippen molar-refractivity contribution in [2.45, 2.75) is 49.0 Å². The summed E-state index contributed by atoms with van der Waals surface area (Å²) in [5.41, 5.74) is 1.80. The Morgan fingerprint density at radius 3 is 2.46 bits per heavy atom. The zero-order valence-corrected chi connectivity index (χ0v) is 21.5. The molecule has 0 fully saturated rings. The van der Waals surface area contributed by atoms with Crippen molar-refractivity contribution in [2.75, 3.05) is 12.9 Å². The lowest BCUT2D eigenvalue weighted by molar-refractivity contribution is -0.149. The number of hydrogen-bond donors (Lipinski definition) is 2. The first-order valence-electron chi connectivity index (χ1n) is 11.3. The van der Waals surface area contributed by atoms with Crippen LogP contribution in [-0.4, -0.2) is 63.3 Å². The Morgan fingerprint density at radius 2 is 1.86 bits per heavy atom. The van der Waals surface area contributed by atoms with E-state index in [1.807, 2.05) is 60.9 Å². The molecule has 2 aromatic carbocycles. The summed E-state index contributed by atoms with van der Waals surface area (Å²) in [5, 5.41) is 17.4. The Hall–Kier alpha value is -2.82. The number of benzene rings is 2. The van der Waals surface area contributed by atoms with Crippen LogP contribution in [0.1, 0.15) is 31.4 Å². The smallest absolute Gasteiger partial charge is 0.339 e. The molecule has 3 atom stereocenters. The molecule has 1 aliphatic heterocycles. The number of rotatable bonds is 11. The van der Waals surface area contributed by atoms with Gasteiger partial charge in [-0.05, 0) is 50.6 Å². The minimum atomic E-state index is -1.19. The third-order valence-electron chi connectivity index (χ3n) is 5.38. The average Bonchev–Trinajstić information content (AvgIpc) is 3.32. The van der Waals surface area contributed by atoms with Gasteiger partial charge in [-0.25, -0.2) is 9.80 Å². The van der Waals surface area contributed by atoms with Crippen LogP contribution in [0.3, 0.4) is 0 Å². The fraction of sp³-hybridized carbons (Fsp3) is 0.360. The molecular formula is C25H29N3O5S2. The van der Waals surface area contributed by atoms with E-state index in [1.165, 1.54) is 0 Å². The SMILES string of the molecule is CCOC(=O)[C@H](CCc1ccccc1)N[C@@H](C)C(=O)N1N=C(c2ccc(SC)cc2)S[C@H]1C(=O)O. The maximum atomic E-state index is 13.3. The normalized spacial score (nSPS) is 16.9. The van der Waals surface area contributed by atoms with E-state index < -0.39 is 35.3 Å². The van der Waals surface area contributed by atoms with Crippen LogP contribution in [0, 0.1) is 0 Å². The molecule has 35 heavy (non-hydrogen) atoms. The number of carbonyl (C=O) groups excluding carboxylic acids is 2. The van der Waals surface area contributed by atoms with Gasteiger partial charge < -0.3 is 9.84 Å². The molecule has 0 aliphatic carbocycles. The summed E-state index contributed by atoms with van der Waals surface area (Å²) in [7, 11) is 0. The number of thioether (sulfide) groups is 2. The van der Waals surface area contributed by atoms with E-state index in [0.717, 1.165) is 32.8 Å². The number of amides is 1. The Bertz CT molecular complexity index is 1060. The predicted molar refractivity (Wildman–Crippen MR) is 138 cm³/mol. The Balaban J connectivity index is 1.74. The summed E-state index contributed by atoms with van der Waals surface area (Å²) in [6.45, 7) is 3.54. The minimum absolute atomic E-state index is 0.220. The highest BCUT2D eigenvalue weighted by molar-refractivity contribution is 8.15. The quantitative estimate of drug-likeness (QED) is 0.345. The molecule has 1 amide bonds. The number of carboxylic acid groups (broad SMARTS) is 1. The molecule has 2 aromatic rings. The van der Waals surface area contributed by atoms with Gasteiger partial charge in [0.15, 0.2) is 0 Å². The van der Waals surface area contributed by atoms with Gasteiger partial charge in [-0.15, -0.1) is 11.8 Å². The third-order valence-corrected chi connectivity index (χ3v) is 7.28. The predicted octanol–water partition coefficient (Wildman–Crippen LogP) is 3.60. The van der Waals surface area contributed by atoms with Crippen molar-refractivity contribution in [1.82, 2.24) is 10.3 Å². The molecule has 10 heteroatoms. The number of aliphatic carboxylic acids is 1. The van der Waals surface area contributed by atoms with E-state index in [1.54, 1.807) is 25.6 Å². The highest BCUT2D eigenvalue weighted by Gasteiger charge is 2.40. The van der Waals surface area contributed by atoms with Crippen LogP contribution in [0.25, 0.3) is 0 Å². The summed E-state index contributed by atoms with van der Waals surface area (Å²) in [6.07, 6.45) is 3.01. The van der Waals surface area contributed by atoms with Crippen molar-refractivity contribution >= 4 is 46.4 Å². The van der Waals surface area contributed by atoms with Crippen LogP contribution >= 0.6 is 23.5 Å². The second-order valence-corrected chi connectivity index (χ2v) is 9.79. The van der Waals surface area contributed by atoms with Crippen LogP contribution in [0.5, 0.6) is 0 Å². The molecule has 3 rings (SSSR count). The third kappa shape index (κ3) is 7.09. The van der Waals surface area contributed by atoms with Gasteiger partial charge in [0, 0.05) is 10.5 Å². The first-order chi connectivity index (χ1) is 16.8. The van der Waals surface area contributed by atoms with Gasteiger partial charge in [-0.3, -0.25) is 14.9 Å². The van der Waals surface area contributed by atoms with E-state index in [9.17, 15) is 19.5 Å². The van der Waals surface area contributed by atoms with Crippen molar-refractivity contribution in [3.05, 3.63) is 65.7 Å². The average molecular weight is 516 g/mol. The lowest BCUT2D eigenvalue weighted by atomic mass is 10.0. The molecule has 2 N–H and O–H groups in total. The van der Waals surface area contributed by atoms with Gasteiger partial charge in [0.2, 0.25) is 5.37 Å². The number of hydrazone groups is 1. The number of esters is 1. The number of aryl methyl sites for hydroxylation is 1. The number of nitrogens with zero attached hydrogens (tertiary/aromatic N) is 2. The van der Waals surface area contributed by atoms with Crippen LogP contribution in [-0.2, 0) is 25.5 Å². The summed E-state index contributed by atoms with van der Waals surface area (Å²) in [4.78, 5) is 38.8. The fourth-order valence-corrected chi connectivity index (χ4v) is 4.93. The second-order valence-electron chi connectivity index (χ2n) is 7.84. The molecule has 0 saturated carbocycles. The Labute approximate surface area is 213 Å². The molecule has 0 aromatic heterocycles. The highest BCUT2D eigenvalue weighted by atomic mass is 32.2. The van der Waals surface area contributed by atoms with Gasteiger partial charge in [-0.1, -0.05) is 54.2 Å². The standard InChI is InChI=1S/C25H29N3O5S2/c1-4-33-25(32)20(15-10-17-8-6-5-7-9-17)26-16(2)22(29)28-23(24(30)31)35-21(27-28)18-11-13-19(34-3)14-12-18/h5-9,11-14,16,20,23,26H,4,10,15H2,1-3H3,(H,30,31)/t16-,20-,23-/m0/s1. The Morgan fingerprint density at radius 1 is 1.17 bits per heavy atom. The Kier molecular flexibility index (Phi) is 9.76. The number of carbonyl (C=O) groups is 3. The molecule has 1 heterocycles. The number of nitrogens with one attached hydrogen (secondary N) is 1. The monoisotopic (exact) mass is 515 g/mol. The molecule has 0 saturated heterocycles. The van der Waals surface area contributed by atoms with E-state index in [2.05, 4.69) is 10.4 Å². The summed E-state index contributed by atoms with van der Waals surface area (Å²) >= 11 is 2.61. The molecule has 186 valence electrons. The topological polar surface area (TPSA) is 108 Å². The van der Waals surface area contributed by atoms with E-state index in [4.69, 9.17) is 4.74 Å². The molecule has 0 bridgehead atoms. The summed E-state index contributed by atoms with van der Waals surface area (Å²) in [6, 6.07) is 15.7. The van der Waals surface area contributed by atoms with Gasteiger partial charge >= 0.3 is 11.9 Å². The van der Waals surface area contributed by atoms with E-state index in [-0.39, 0.29) is 6.61 Å². The molecule has 1 aliphatic rings. The second kappa shape index (κ2) is 12.8. The number of ether oxygens (including phenoxy) is 1. The molecule has 0 radical (unpaired) electrons. The van der Waals surface area contributed by atoms with Crippen LogP contribution in [0.15, 0.2) is 64.6 Å². The zero-order valence-electron chi connectivity index (χ0n) is 19.8.